The Morgan fingerprint density at radius 1 is 1.25 bits per heavy atom. The molecule has 0 N–H and O–H groups in total. The lowest BCUT2D eigenvalue weighted by Gasteiger charge is -2.04. The first-order chi connectivity index (χ1) is 5.68. The van der Waals surface area contributed by atoms with Gasteiger partial charge in [0.2, 0.25) is 0 Å². The second-order valence-corrected chi connectivity index (χ2v) is 3.06. The minimum absolute atomic E-state index is 0.191. The van der Waals surface area contributed by atoms with Gasteiger partial charge in [-0.1, -0.05) is 12.1 Å². The Kier molecular flexibility index (Phi) is 3.23. The van der Waals surface area contributed by atoms with E-state index >= 15 is 0 Å². The van der Waals surface area contributed by atoms with Crippen molar-refractivity contribution in [3.05, 3.63) is 35.6 Å². The maximum atomic E-state index is 12.5. The molecule has 0 aliphatic rings. The summed E-state index contributed by atoms with van der Waals surface area (Å²) in [6.45, 7) is 4.74. The van der Waals surface area contributed by atoms with Crippen molar-refractivity contribution in [3.8, 4) is 0 Å². The van der Waals surface area contributed by atoms with Crippen LogP contribution in [0.2, 0.25) is 0 Å². The molecule has 0 saturated heterocycles. The zero-order valence-electron chi connectivity index (χ0n) is 7.42. The van der Waals surface area contributed by atoms with Gasteiger partial charge in [-0.15, -0.1) is 0 Å². The molecular weight excluding hydrogens is 153 g/mol. The molecule has 1 nitrogen and oxygen atoms in total. The topological polar surface area (TPSA) is 14.1 Å². The summed E-state index contributed by atoms with van der Waals surface area (Å²) in [4.78, 5) is 0. The molecule has 0 spiro atoms. The molecule has 0 aliphatic carbocycles. The van der Waals surface area contributed by atoms with Crippen molar-refractivity contribution in [2.75, 3.05) is 0 Å². The molecule has 0 aromatic heterocycles. The van der Waals surface area contributed by atoms with E-state index in [0.717, 1.165) is 5.56 Å². The molecule has 0 unspecified atom stereocenters. The highest BCUT2D eigenvalue weighted by Gasteiger charge is 1.96. The summed E-state index contributed by atoms with van der Waals surface area (Å²) >= 11 is 0. The van der Waals surface area contributed by atoms with E-state index in [1.807, 2.05) is 13.8 Å². The van der Waals surface area contributed by atoms with Crippen molar-refractivity contribution in [2.45, 2.75) is 26.4 Å². The lowest BCUT2D eigenvalue weighted by atomic mass is 10.2. The van der Waals surface area contributed by atoms with Gasteiger partial charge >= 0.3 is 0 Å². The fourth-order valence-electron chi connectivity index (χ4n) is 0.878. The molecule has 2 heteroatoms. The summed E-state index contributed by atoms with van der Waals surface area (Å²) in [5.41, 5.74) is 1.06. The van der Waals surface area contributed by atoms with E-state index in [2.05, 4.69) is 5.32 Å². The van der Waals surface area contributed by atoms with Crippen LogP contribution in [0.25, 0.3) is 0 Å². The average Bonchev–Trinajstić information content (AvgIpc) is 2.03. The molecular formula is C10H13FN. The number of hydrogen-bond acceptors (Lipinski definition) is 0. The van der Waals surface area contributed by atoms with Crippen molar-refractivity contribution in [3.63, 3.8) is 0 Å². The Morgan fingerprint density at radius 3 is 2.33 bits per heavy atom. The largest absolute Gasteiger partial charge is 0.234 e. The van der Waals surface area contributed by atoms with Crippen LogP contribution in [0, 0.1) is 5.82 Å². The molecule has 1 aromatic rings. The minimum atomic E-state index is -0.191. The summed E-state index contributed by atoms with van der Waals surface area (Å²) in [6.07, 6.45) is 0. The van der Waals surface area contributed by atoms with Crippen LogP contribution >= 0.6 is 0 Å². The van der Waals surface area contributed by atoms with Crippen molar-refractivity contribution >= 4 is 0 Å². The first-order valence-electron chi connectivity index (χ1n) is 4.09. The molecule has 0 atom stereocenters. The molecule has 0 heterocycles. The van der Waals surface area contributed by atoms with Gasteiger partial charge in [0.15, 0.2) is 0 Å². The van der Waals surface area contributed by atoms with Crippen molar-refractivity contribution in [1.29, 1.82) is 0 Å². The Hall–Kier alpha value is -0.890. The van der Waals surface area contributed by atoms with Crippen LogP contribution in [0.3, 0.4) is 0 Å². The molecule has 0 fully saturated rings. The normalized spacial score (nSPS) is 10.7. The number of nitrogens with zero attached hydrogens (tertiary/aromatic N) is 1. The van der Waals surface area contributed by atoms with Gasteiger partial charge in [0.05, 0.1) is 0 Å². The van der Waals surface area contributed by atoms with Gasteiger partial charge in [0, 0.05) is 12.6 Å². The molecule has 0 amide bonds. The van der Waals surface area contributed by atoms with Crippen molar-refractivity contribution in [1.82, 2.24) is 5.32 Å². The smallest absolute Gasteiger partial charge is 0.123 e. The Bertz CT molecular complexity index is 228. The van der Waals surface area contributed by atoms with E-state index in [1.165, 1.54) is 12.1 Å². The van der Waals surface area contributed by atoms with Gasteiger partial charge in [-0.2, -0.15) is 0 Å². The highest BCUT2D eigenvalue weighted by molar-refractivity contribution is 5.15. The maximum Gasteiger partial charge on any atom is 0.123 e. The lowest BCUT2D eigenvalue weighted by molar-refractivity contribution is 0.573. The monoisotopic (exact) mass is 166 g/mol. The fourth-order valence-corrected chi connectivity index (χ4v) is 0.878. The number of rotatable bonds is 3. The van der Waals surface area contributed by atoms with Gasteiger partial charge in [0.25, 0.3) is 0 Å². The average molecular weight is 166 g/mol. The third-order valence-electron chi connectivity index (χ3n) is 1.55. The summed E-state index contributed by atoms with van der Waals surface area (Å²) in [7, 11) is 0. The molecule has 1 aromatic carbocycles. The first kappa shape index (κ1) is 9.20. The number of hydrogen-bond donors (Lipinski definition) is 0. The van der Waals surface area contributed by atoms with Gasteiger partial charge in [-0.25, -0.2) is 9.71 Å². The summed E-state index contributed by atoms with van der Waals surface area (Å²) in [5.74, 6) is -0.191. The van der Waals surface area contributed by atoms with Crippen LogP contribution in [-0.2, 0) is 6.54 Å². The Balaban J connectivity index is 2.48. The fraction of sp³-hybridized carbons (Fsp3) is 0.400. The standard InChI is InChI=1S/C10H13FN/c1-8(2)12-7-9-3-5-10(11)6-4-9/h3-6,8H,7H2,1-2H3. The molecule has 0 bridgehead atoms. The van der Waals surface area contributed by atoms with E-state index in [1.54, 1.807) is 12.1 Å². The zero-order chi connectivity index (χ0) is 8.97. The predicted octanol–water partition coefficient (Wildman–Crippen LogP) is 2.34. The van der Waals surface area contributed by atoms with Crippen LogP contribution in [0.1, 0.15) is 19.4 Å². The summed E-state index contributed by atoms with van der Waals surface area (Å²) in [6, 6.07) is 6.80. The van der Waals surface area contributed by atoms with Crippen LogP contribution in [0.15, 0.2) is 24.3 Å². The van der Waals surface area contributed by atoms with Crippen LogP contribution < -0.4 is 5.32 Å². The zero-order valence-corrected chi connectivity index (χ0v) is 7.42. The third kappa shape index (κ3) is 3.01. The maximum absolute atomic E-state index is 12.5. The van der Waals surface area contributed by atoms with E-state index in [9.17, 15) is 4.39 Å². The molecule has 12 heavy (non-hydrogen) atoms. The number of benzene rings is 1. The van der Waals surface area contributed by atoms with Gasteiger partial charge in [0.1, 0.15) is 5.82 Å². The van der Waals surface area contributed by atoms with Crippen LogP contribution in [0.5, 0.6) is 0 Å². The van der Waals surface area contributed by atoms with Gasteiger partial charge in [-0.05, 0) is 31.5 Å². The lowest BCUT2D eigenvalue weighted by Crippen LogP contribution is -2.13. The van der Waals surface area contributed by atoms with Crippen molar-refractivity contribution in [2.24, 2.45) is 0 Å². The third-order valence-corrected chi connectivity index (χ3v) is 1.55. The SMILES string of the molecule is CC(C)[N]Cc1ccc(F)cc1. The van der Waals surface area contributed by atoms with E-state index < -0.39 is 0 Å². The van der Waals surface area contributed by atoms with E-state index in [-0.39, 0.29) is 5.82 Å². The van der Waals surface area contributed by atoms with E-state index in [0.29, 0.717) is 12.6 Å². The molecule has 0 aliphatic heterocycles. The first-order valence-corrected chi connectivity index (χ1v) is 4.09. The molecule has 1 rings (SSSR count). The minimum Gasteiger partial charge on any atom is -0.234 e. The second-order valence-electron chi connectivity index (χ2n) is 3.06. The summed E-state index contributed by atoms with van der Waals surface area (Å²) < 4.78 is 12.5. The Morgan fingerprint density at radius 2 is 1.83 bits per heavy atom. The van der Waals surface area contributed by atoms with Crippen LogP contribution in [0.4, 0.5) is 4.39 Å². The van der Waals surface area contributed by atoms with E-state index in [4.69, 9.17) is 0 Å². The molecule has 0 saturated carbocycles. The highest BCUT2D eigenvalue weighted by atomic mass is 19.1. The van der Waals surface area contributed by atoms with Crippen LogP contribution in [-0.4, -0.2) is 6.04 Å². The molecule has 1 radical (unpaired) electrons. The highest BCUT2D eigenvalue weighted by Crippen LogP contribution is 2.02. The number of halogens is 1. The predicted molar refractivity (Wildman–Crippen MR) is 47.4 cm³/mol. The quantitative estimate of drug-likeness (QED) is 0.654. The van der Waals surface area contributed by atoms with Crippen molar-refractivity contribution < 1.29 is 4.39 Å². The molecule has 65 valence electrons. The van der Waals surface area contributed by atoms with Gasteiger partial charge in [-0.3, -0.25) is 0 Å². The second kappa shape index (κ2) is 4.21. The van der Waals surface area contributed by atoms with Gasteiger partial charge < -0.3 is 0 Å². The summed E-state index contributed by atoms with van der Waals surface area (Å²) in [5, 5.41) is 4.30. The Labute approximate surface area is 72.6 Å².